The van der Waals surface area contributed by atoms with Crippen LogP contribution in [0.15, 0.2) is 30.9 Å². The van der Waals surface area contributed by atoms with Gasteiger partial charge in [0.15, 0.2) is 0 Å². The molecule has 0 spiro atoms. The summed E-state index contributed by atoms with van der Waals surface area (Å²) in [7, 11) is 0. The highest BCUT2D eigenvalue weighted by atomic mass is 19.1. The van der Waals surface area contributed by atoms with Crippen molar-refractivity contribution in [1.29, 1.82) is 0 Å². The van der Waals surface area contributed by atoms with Crippen molar-refractivity contribution in [3.63, 3.8) is 0 Å². The topological polar surface area (TPSA) is 46.2 Å². The van der Waals surface area contributed by atoms with Gasteiger partial charge in [-0.05, 0) is 17.7 Å². The zero-order valence-corrected chi connectivity index (χ0v) is 7.20. The van der Waals surface area contributed by atoms with E-state index in [4.69, 9.17) is 10.8 Å². The molecule has 1 rings (SSSR count). The Hall–Kier alpha value is -1.19. The Morgan fingerprint density at radius 1 is 1.62 bits per heavy atom. The molecule has 2 nitrogen and oxygen atoms in total. The first kappa shape index (κ1) is 9.89. The summed E-state index contributed by atoms with van der Waals surface area (Å²) in [4.78, 5) is 0. The molecule has 0 bridgehead atoms. The van der Waals surface area contributed by atoms with E-state index in [1.807, 2.05) is 0 Å². The van der Waals surface area contributed by atoms with E-state index in [9.17, 15) is 4.39 Å². The van der Waals surface area contributed by atoms with Crippen LogP contribution in [0.5, 0.6) is 0 Å². The first-order valence-electron chi connectivity index (χ1n) is 3.96. The molecule has 1 unspecified atom stereocenters. The van der Waals surface area contributed by atoms with Gasteiger partial charge in [-0.2, -0.15) is 0 Å². The van der Waals surface area contributed by atoms with Gasteiger partial charge < -0.3 is 10.8 Å². The molecule has 13 heavy (non-hydrogen) atoms. The van der Waals surface area contributed by atoms with Crippen molar-refractivity contribution >= 4 is 0 Å². The third-order valence-corrected chi connectivity index (χ3v) is 1.88. The molecule has 1 atom stereocenters. The SMILES string of the molecule is C=CC(N)c1ccc(F)c(CO)c1. The van der Waals surface area contributed by atoms with Crippen LogP contribution in [0.2, 0.25) is 0 Å². The zero-order chi connectivity index (χ0) is 9.84. The van der Waals surface area contributed by atoms with Crippen LogP contribution < -0.4 is 5.73 Å². The lowest BCUT2D eigenvalue weighted by atomic mass is 10.0. The molecule has 1 aromatic carbocycles. The lowest BCUT2D eigenvalue weighted by Crippen LogP contribution is -2.07. The van der Waals surface area contributed by atoms with Gasteiger partial charge in [0, 0.05) is 11.6 Å². The highest BCUT2D eigenvalue weighted by Crippen LogP contribution is 2.16. The largest absolute Gasteiger partial charge is 0.392 e. The number of nitrogens with two attached hydrogens (primary N) is 1. The summed E-state index contributed by atoms with van der Waals surface area (Å²) in [5, 5.41) is 8.79. The number of benzene rings is 1. The van der Waals surface area contributed by atoms with E-state index >= 15 is 0 Å². The van der Waals surface area contributed by atoms with Gasteiger partial charge in [-0.25, -0.2) is 4.39 Å². The van der Waals surface area contributed by atoms with Crippen LogP contribution in [-0.2, 0) is 6.61 Å². The summed E-state index contributed by atoms with van der Waals surface area (Å²) < 4.78 is 12.9. The number of aliphatic hydroxyl groups excluding tert-OH is 1. The minimum Gasteiger partial charge on any atom is -0.392 e. The number of aliphatic hydroxyl groups is 1. The maximum Gasteiger partial charge on any atom is 0.128 e. The van der Waals surface area contributed by atoms with E-state index in [0.29, 0.717) is 0 Å². The van der Waals surface area contributed by atoms with Crippen LogP contribution in [0.3, 0.4) is 0 Å². The van der Waals surface area contributed by atoms with E-state index < -0.39 is 5.82 Å². The van der Waals surface area contributed by atoms with Crippen molar-refractivity contribution in [2.75, 3.05) is 0 Å². The van der Waals surface area contributed by atoms with Crippen LogP contribution in [-0.4, -0.2) is 5.11 Å². The number of hydrogen-bond acceptors (Lipinski definition) is 2. The maximum absolute atomic E-state index is 12.9. The third kappa shape index (κ3) is 2.14. The molecule has 0 radical (unpaired) electrons. The molecule has 1 aromatic rings. The van der Waals surface area contributed by atoms with Crippen LogP contribution in [0.4, 0.5) is 4.39 Å². The molecule has 0 aliphatic heterocycles. The molecule has 70 valence electrons. The first-order chi connectivity index (χ1) is 6.19. The minimum absolute atomic E-state index is 0.259. The Balaban J connectivity index is 3.05. The van der Waals surface area contributed by atoms with Crippen molar-refractivity contribution < 1.29 is 9.50 Å². The molecule has 3 N–H and O–H groups in total. The number of halogens is 1. The fraction of sp³-hybridized carbons (Fsp3) is 0.200. The molecule has 0 aromatic heterocycles. The molecule has 3 heteroatoms. The van der Waals surface area contributed by atoms with E-state index in [0.717, 1.165) is 5.56 Å². The Kier molecular flexibility index (Phi) is 3.17. The third-order valence-electron chi connectivity index (χ3n) is 1.88. The van der Waals surface area contributed by atoms with Gasteiger partial charge in [0.2, 0.25) is 0 Å². The number of hydrogen-bond donors (Lipinski definition) is 2. The van der Waals surface area contributed by atoms with Gasteiger partial charge in [0.05, 0.1) is 6.61 Å². The Morgan fingerprint density at radius 3 is 2.85 bits per heavy atom. The fourth-order valence-electron chi connectivity index (χ4n) is 1.06. The predicted molar refractivity (Wildman–Crippen MR) is 49.4 cm³/mol. The normalized spacial score (nSPS) is 12.5. The molecule has 0 aliphatic carbocycles. The molecule has 0 fully saturated rings. The van der Waals surface area contributed by atoms with Crippen molar-refractivity contribution in [3.05, 3.63) is 47.8 Å². The van der Waals surface area contributed by atoms with Gasteiger partial charge in [-0.3, -0.25) is 0 Å². The molecule has 0 heterocycles. The van der Waals surface area contributed by atoms with Crippen LogP contribution >= 0.6 is 0 Å². The second-order valence-electron chi connectivity index (χ2n) is 2.77. The summed E-state index contributed by atoms with van der Waals surface area (Å²) in [6.45, 7) is 3.22. The fourth-order valence-corrected chi connectivity index (χ4v) is 1.06. The van der Waals surface area contributed by atoms with Crippen LogP contribution in [0, 0.1) is 5.82 Å². The van der Waals surface area contributed by atoms with E-state index in [2.05, 4.69) is 6.58 Å². The Labute approximate surface area is 76.5 Å². The van der Waals surface area contributed by atoms with Crippen LogP contribution in [0.1, 0.15) is 17.2 Å². The monoisotopic (exact) mass is 181 g/mol. The van der Waals surface area contributed by atoms with Crippen molar-refractivity contribution in [2.45, 2.75) is 12.6 Å². The quantitative estimate of drug-likeness (QED) is 0.694. The zero-order valence-electron chi connectivity index (χ0n) is 7.20. The van der Waals surface area contributed by atoms with Crippen molar-refractivity contribution in [3.8, 4) is 0 Å². The Morgan fingerprint density at radius 2 is 2.31 bits per heavy atom. The van der Waals surface area contributed by atoms with Crippen LogP contribution in [0.25, 0.3) is 0 Å². The van der Waals surface area contributed by atoms with Gasteiger partial charge in [-0.15, -0.1) is 6.58 Å². The van der Waals surface area contributed by atoms with E-state index in [-0.39, 0.29) is 18.2 Å². The lowest BCUT2D eigenvalue weighted by Gasteiger charge is -2.08. The summed E-state index contributed by atoms with van der Waals surface area (Å²) in [6.07, 6.45) is 1.56. The highest BCUT2D eigenvalue weighted by Gasteiger charge is 2.05. The lowest BCUT2D eigenvalue weighted by molar-refractivity contribution is 0.275. The molecule has 0 amide bonds. The first-order valence-corrected chi connectivity index (χ1v) is 3.96. The van der Waals surface area contributed by atoms with Gasteiger partial charge in [0.25, 0.3) is 0 Å². The van der Waals surface area contributed by atoms with Crippen molar-refractivity contribution in [2.24, 2.45) is 5.73 Å². The predicted octanol–water partition coefficient (Wildman–Crippen LogP) is 1.50. The standard InChI is InChI=1S/C10H12FNO/c1-2-10(12)7-3-4-9(11)8(5-7)6-13/h2-5,10,13H,1,6,12H2. The highest BCUT2D eigenvalue weighted by molar-refractivity contribution is 5.28. The summed E-state index contributed by atoms with van der Waals surface area (Å²) >= 11 is 0. The second kappa shape index (κ2) is 4.16. The molecule has 0 saturated heterocycles. The summed E-state index contributed by atoms with van der Waals surface area (Å²) in [5.41, 5.74) is 6.66. The minimum atomic E-state index is -0.414. The van der Waals surface area contributed by atoms with Gasteiger partial charge in [-0.1, -0.05) is 12.1 Å². The molecule has 0 saturated carbocycles. The molecular weight excluding hydrogens is 169 g/mol. The smallest absolute Gasteiger partial charge is 0.128 e. The average molecular weight is 181 g/mol. The second-order valence-corrected chi connectivity index (χ2v) is 2.77. The molecular formula is C10H12FNO. The van der Waals surface area contributed by atoms with Crippen molar-refractivity contribution in [1.82, 2.24) is 0 Å². The maximum atomic E-state index is 12.9. The summed E-state index contributed by atoms with van der Waals surface area (Å²) in [5.74, 6) is -0.414. The van der Waals surface area contributed by atoms with E-state index in [1.165, 1.54) is 6.07 Å². The number of rotatable bonds is 3. The van der Waals surface area contributed by atoms with Gasteiger partial charge >= 0.3 is 0 Å². The summed E-state index contributed by atoms with van der Waals surface area (Å²) in [6, 6.07) is 4.11. The average Bonchev–Trinajstić information content (AvgIpc) is 2.17. The Bertz CT molecular complexity index is 312. The van der Waals surface area contributed by atoms with E-state index in [1.54, 1.807) is 18.2 Å². The molecule has 0 aliphatic rings. The van der Waals surface area contributed by atoms with Gasteiger partial charge in [0.1, 0.15) is 5.82 Å².